The van der Waals surface area contributed by atoms with Crippen LogP contribution < -0.4 is 25.6 Å². The number of β-amino-alcohol motifs (C(OH)–C–C–N with tert-alkyl or cyclic N) is 1. The number of likely N-dealkylation sites (tertiary alicyclic amines) is 2. The fraction of sp³-hybridized carbons (Fsp3) is 0.492. The van der Waals surface area contributed by atoms with E-state index in [1.165, 1.54) is 35.4 Å². The SMILES string of the molecule is C#Cc1c(F)ccc2cc(O)cc(-c3ncc4c(N5CC6CCC(C5)N6)nc(OCC5(CN6CCC(OCCC(=O)NC(C(=O)N7CC(O)C[C@H]7C(=O)N[C@@H](C)c7ccc(-c8scnc8C)cc7)C(C)(C)C)CC6)CC5)nc4c3F)c12. The van der Waals surface area contributed by atoms with Crippen molar-refractivity contribution in [2.24, 2.45) is 10.8 Å². The van der Waals surface area contributed by atoms with Gasteiger partial charge in [0.2, 0.25) is 17.7 Å². The van der Waals surface area contributed by atoms with E-state index >= 15 is 8.78 Å². The summed E-state index contributed by atoms with van der Waals surface area (Å²) in [5.74, 6) is 0.222. The molecule has 17 nitrogen and oxygen atoms in total. The van der Waals surface area contributed by atoms with Crippen LogP contribution in [-0.4, -0.2) is 147 Å². The number of terminal acetylenes is 1. The van der Waals surface area contributed by atoms with Crippen LogP contribution in [0.25, 0.3) is 43.4 Å². The van der Waals surface area contributed by atoms with Gasteiger partial charge >= 0.3 is 6.01 Å². The number of piperidine rings is 1. The molecule has 4 unspecified atom stereocenters. The number of carbonyl (C=O) groups is 3. The maximum Gasteiger partial charge on any atom is 0.319 e. The maximum absolute atomic E-state index is 17.2. The third-order valence-electron chi connectivity index (χ3n) is 16.9. The van der Waals surface area contributed by atoms with Crippen molar-refractivity contribution in [3.05, 3.63) is 88.7 Å². The van der Waals surface area contributed by atoms with E-state index in [-0.39, 0.29) is 107 Å². The molecule has 5 fully saturated rings. The molecule has 6 aromatic rings. The molecule has 2 bridgehead atoms. The quantitative estimate of drug-likeness (QED) is 0.0559. The molecule has 3 aromatic carbocycles. The minimum absolute atomic E-state index is 0.00215. The van der Waals surface area contributed by atoms with Gasteiger partial charge in [0.1, 0.15) is 40.7 Å². The summed E-state index contributed by atoms with van der Waals surface area (Å²) in [7, 11) is 0. The van der Waals surface area contributed by atoms with Crippen LogP contribution in [0.4, 0.5) is 14.6 Å². The number of amides is 3. The topological polar surface area (TPSA) is 208 Å². The molecule has 7 heterocycles. The number of phenols is 1. The molecule has 20 heteroatoms. The van der Waals surface area contributed by atoms with Crippen molar-refractivity contribution in [3.8, 4) is 45.8 Å². The number of anilines is 1. The van der Waals surface area contributed by atoms with Crippen molar-refractivity contribution in [2.75, 3.05) is 57.4 Å². The fourth-order valence-electron chi connectivity index (χ4n) is 12.3. The number of aromatic nitrogens is 4. The molecule has 6 atom stereocenters. The predicted molar refractivity (Wildman–Crippen MR) is 305 cm³/mol. The summed E-state index contributed by atoms with van der Waals surface area (Å²) in [6, 6.07) is 11.8. The zero-order chi connectivity index (χ0) is 56.9. The number of benzene rings is 3. The summed E-state index contributed by atoms with van der Waals surface area (Å²) in [6.45, 7) is 13.6. The molecule has 1 aliphatic carbocycles. The van der Waals surface area contributed by atoms with Crippen LogP contribution in [0.3, 0.4) is 0 Å². The van der Waals surface area contributed by atoms with Gasteiger partial charge in [0.05, 0.1) is 58.5 Å². The summed E-state index contributed by atoms with van der Waals surface area (Å²) >= 11 is 1.57. The third kappa shape index (κ3) is 11.9. The number of carbonyl (C=O) groups excluding carboxylic acids is 3. The number of nitrogens with one attached hydrogen (secondary N) is 3. The summed E-state index contributed by atoms with van der Waals surface area (Å²) in [4.78, 5) is 67.2. The van der Waals surface area contributed by atoms with Crippen LogP contribution in [-0.2, 0) is 19.1 Å². The highest BCUT2D eigenvalue weighted by Crippen LogP contribution is 2.47. The number of aliphatic hydroxyl groups excluding tert-OH is 1. The van der Waals surface area contributed by atoms with Crippen LogP contribution in [0.5, 0.6) is 11.8 Å². The van der Waals surface area contributed by atoms with Gasteiger partial charge in [-0.25, -0.2) is 13.8 Å². The highest BCUT2D eigenvalue weighted by molar-refractivity contribution is 7.13. The molecule has 11 rings (SSSR count). The molecule has 4 saturated heterocycles. The Balaban J connectivity index is 0.686. The highest BCUT2D eigenvalue weighted by atomic mass is 32.1. The van der Waals surface area contributed by atoms with Crippen molar-refractivity contribution in [2.45, 2.75) is 128 Å². The molecule has 4 aliphatic heterocycles. The Labute approximate surface area is 474 Å². The van der Waals surface area contributed by atoms with Crippen molar-refractivity contribution < 1.29 is 42.9 Å². The second-order valence-electron chi connectivity index (χ2n) is 24.0. The Bertz CT molecular complexity index is 3400. The van der Waals surface area contributed by atoms with Crippen molar-refractivity contribution >= 4 is 56.6 Å². The number of hydrogen-bond acceptors (Lipinski definition) is 15. The molecular weight excluding hydrogens is 1050 g/mol. The number of piperazine rings is 1. The van der Waals surface area contributed by atoms with E-state index in [2.05, 4.69) is 46.6 Å². The lowest BCUT2D eigenvalue weighted by Crippen LogP contribution is -2.58. The van der Waals surface area contributed by atoms with Crippen molar-refractivity contribution in [1.82, 2.24) is 45.7 Å². The summed E-state index contributed by atoms with van der Waals surface area (Å²) in [6.07, 6.45) is 12.0. The number of aromatic hydroxyl groups is 1. The number of aliphatic hydroxyl groups is 1. The lowest BCUT2D eigenvalue weighted by molar-refractivity contribution is -0.144. The number of ether oxygens (including phenoxy) is 2. The highest BCUT2D eigenvalue weighted by Gasteiger charge is 2.47. The predicted octanol–water partition coefficient (Wildman–Crippen LogP) is 7.58. The zero-order valence-electron chi connectivity index (χ0n) is 46.4. The van der Waals surface area contributed by atoms with Gasteiger partial charge < -0.3 is 50.3 Å². The molecule has 5 aliphatic rings. The van der Waals surface area contributed by atoms with Gasteiger partial charge in [-0.3, -0.25) is 19.4 Å². The normalized spacial score (nSPS) is 21.7. The molecular formula is C61H70F2N10O7S. The number of rotatable bonds is 17. The number of nitrogens with zero attached hydrogens (tertiary/aromatic N) is 7. The van der Waals surface area contributed by atoms with E-state index in [1.807, 2.05) is 64.4 Å². The average Bonchev–Trinajstić information content (AvgIpc) is 3.82. The van der Waals surface area contributed by atoms with Gasteiger partial charge in [0, 0.05) is 86.8 Å². The van der Waals surface area contributed by atoms with E-state index in [4.69, 9.17) is 20.9 Å². The lowest BCUT2D eigenvalue weighted by atomic mass is 9.85. The second kappa shape index (κ2) is 22.8. The molecule has 5 N–H and O–H groups in total. The number of aryl methyl sites for hydroxylation is 1. The largest absolute Gasteiger partial charge is 0.508 e. The summed E-state index contributed by atoms with van der Waals surface area (Å²) in [5, 5.41) is 32.2. The first kappa shape index (κ1) is 56.0. The molecule has 0 spiro atoms. The van der Waals surface area contributed by atoms with E-state index in [9.17, 15) is 24.6 Å². The van der Waals surface area contributed by atoms with Gasteiger partial charge in [0.25, 0.3) is 0 Å². The Morgan fingerprint density at radius 3 is 2.41 bits per heavy atom. The second-order valence-corrected chi connectivity index (χ2v) is 24.8. The van der Waals surface area contributed by atoms with E-state index < -0.39 is 41.1 Å². The first-order chi connectivity index (χ1) is 38.8. The summed E-state index contributed by atoms with van der Waals surface area (Å²) in [5.41, 5.74) is 3.79. The van der Waals surface area contributed by atoms with Gasteiger partial charge in [-0.2, -0.15) is 9.97 Å². The first-order valence-electron chi connectivity index (χ1n) is 28.2. The average molecular weight is 1130 g/mol. The van der Waals surface area contributed by atoms with E-state index in [0.29, 0.717) is 36.3 Å². The van der Waals surface area contributed by atoms with E-state index in [0.717, 1.165) is 79.9 Å². The monoisotopic (exact) mass is 1120 g/mol. The standard InChI is InChI=1S/C61H70F2N10O7S/c1-7-44-47(62)15-12-38-24-41(74)25-45(50(38)44)52-51(63)53-46(27-64-52)56(72-28-39-13-14-40(29-72)67-39)70-59(69-53)80-32-61(19-20-61)31-71-21-16-43(17-22-71)79-23-18-49(76)68-55(60(4,5)6)58(78)73-30-42(75)26-48(73)57(77)66-34(2)36-8-10-37(11-9-36)54-35(3)65-33-81-54/h1,8-12,15,24-25,27,33-34,39-40,42-43,48,55,67,74-75H,13-14,16-23,26,28-32H2,2-6H3,(H,66,77)(H,68,76)/t34-,39?,40?,42?,48-,55?/m0/s1. The molecule has 1 saturated carbocycles. The Kier molecular flexibility index (Phi) is 15.8. The van der Waals surface area contributed by atoms with Crippen molar-refractivity contribution in [1.29, 1.82) is 0 Å². The Morgan fingerprint density at radius 2 is 1.73 bits per heavy atom. The molecule has 426 valence electrons. The number of hydrogen-bond donors (Lipinski definition) is 5. The van der Waals surface area contributed by atoms with Crippen LogP contribution >= 0.6 is 11.3 Å². The van der Waals surface area contributed by atoms with Gasteiger partial charge in [-0.1, -0.05) is 57.0 Å². The smallest absolute Gasteiger partial charge is 0.319 e. The van der Waals surface area contributed by atoms with Crippen molar-refractivity contribution in [3.63, 3.8) is 0 Å². The number of pyridine rings is 1. The first-order valence-corrected chi connectivity index (χ1v) is 29.1. The van der Waals surface area contributed by atoms with Gasteiger partial charge in [0.15, 0.2) is 5.82 Å². The minimum atomic E-state index is -0.954. The number of thiazole rings is 1. The Hall–Kier alpha value is -6.89. The number of fused-ring (bicyclic) bond motifs is 4. The lowest BCUT2D eigenvalue weighted by Gasteiger charge is -2.36. The van der Waals surface area contributed by atoms with Crippen LogP contribution in [0.2, 0.25) is 0 Å². The molecule has 0 radical (unpaired) electrons. The van der Waals surface area contributed by atoms with E-state index in [1.54, 1.807) is 11.3 Å². The molecule has 3 amide bonds. The minimum Gasteiger partial charge on any atom is -0.508 e. The van der Waals surface area contributed by atoms with Crippen LogP contribution in [0.1, 0.15) is 102 Å². The molecule has 3 aromatic heterocycles. The van der Waals surface area contributed by atoms with Gasteiger partial charge in [-0.15, -0.1) is 17.8 Å². The number of phenolic OH excluding ortho intramolecular Hbond substituents is 1. The van der Waals surface area contributed by atoms with Gasteiger partial charge in [-0.05, 0) is 92.5 Å². The maximum atomic E-state index is 17.2. The molecule has 81 heavy (non-hydrogen) atoms. The summed E-state index contributed by atoms with van der Waals surface area (Å²) < 4.78 is 45.0. The Morgan fingerprint density at radius 1 is 0.988 bits per heavy atom. The fourth-order valence-corrected chi connectivity index (χ4v) is 13.1. The van der Waals surface area contributed by atoms with Crippen LogP contribution in [0, 0.1) is 41.7 Å². The van der Waals surface area contributed by atoms with Crippen LogP contribution in [0.15, 0.2) is 60.2 Å². The third-order valence-corrected chi connectivity index (χ3v) is 17.9. The zero-order valence-corrected chi connectivity index (χ0v) is 47.3. The number of halogens is 2.